The van der Waals surface area contributed by atoms with Gasteiger partial charge in [0, 0.05) is 24.0 Å². The zero-order valence-electron chi connectivity index (χ0n) is 16.1. The molecular formula is C20H31N3O3. The van der Waals surface area contributed by atoms with Crippen LogP contribution in [0.25, 0.3) is 0 Å². The first kappa shape index (κ1) is 19.0. The number of aliphatic hydroxyl groups is 1. The van der Waals surface area contributed by atoms with Crippen LogP contribution in [0, 0.1) is 6.92 Å². The molecule has 0 unspecified atom stereocenters. The van der Waals surface area contributed by atoms with Crippen LogP contribution >= 0.6 is 0 Å². The van der Waals surface area contributed by atoms with Gasteiger partial charge < -0.3 is 25.0 Å². The molecule has 2 saturated heterocycles. The Morgan fingerprint density at radius 3 is 2.81 bits per heavy atom. The second kappa shape index (κ2) is 8.27. The zero-order chi connectivity index (χ0) is 18.7. The summed E-state index contributed by atoms with van der Waals surface area (Å²) in [5, 5.41) is 12.3. The molecule has 6 heteroatoms. The highest BCUT2D eigenvalue weighted by Gasteiger charge is 2.29. The van der Waals surface area contributed by atoms with E-state index in [-0.39, 0.29) is 24.8 Å². The van der Waals surface area contributed by atoms with Gasteiger partial charge >= 0.3 is 6.03 Å². The molecule has 0 aromatic heterocycles. The van der Waals surface area contributed by atoms with Gasteiger partial charge in [-0.2, -0.15) is 0 Å². The Hall–Kier alpha value is -1.79. The number of nitrogens with one attached hydrogen (secondary N) is 1. The summed E-state index contributed by atoms with van der Waals surface area (Å²) in [6.07, 6.45) is 3.47. The van der Waals surface area contributed by atoms with Crippen molar-refractivity contribution in [2.24, 2.45) is 0 Å². The number of carbonyl (C=O) groups is 1. The van der Waals surface area contributed by atoms with E-state index in [9.17, 15) is 9.90 Å². The van der Waals surface area contributed by atoms with Gasteiger partial charge in [-0.25, -0.2) is 4.79 Å². The van der Waals surface area contributed by atoms with Gasteiger partial charge in [-0.15, -0.1) is 0 Å². The minimum absolute atomic E-state index is 0.00780. The summed E-state index contributed by atoms with van der Waals surface area (Å²) in [5.41, 5.74) is 3.13. The normalized spacial score (nSPS) is 26.7. The fourth-order valence-electron chi connectivity index (χ4n) is 3.85. The summed E-state index contributed by atoms with van der Waals surface area (Å²) in [5.74, 6) is 0. The number of aryl methyl sites for hydroxylation is 1. The molecule has 6 nitrogen and oxygen atoms in total. The van der Waals surface area contributed by atoms with E-state index in [1.165, 1.54) is 24.9 Å². The highest BCUT2D eigenvalue weighted by atomic mass is 16.5. The number of urea groups is 1. The lowest BCUT2D eigenvalue weighted by molar-refractivity contribution is -0.0611. The summed E-state index contributed by atoms with van der Waals surface area (Å²) in [6.45, 7) is 8.16. The van der Waals surface area contributed by atoms with Gasteiger partial charge in [0.05, 0.1) is 31.9 Å². The summed E-state index contributed by atoms with van der Waals surface area (Å²) >= 11 is 0. The van der Waals surface area contributed by atoms with Gasteiger partial charge in [0.25, 0.3) is 0 Å². The zero-order valence-corrected chi connectivity index (χ0v) is 16.1. The van der Waals surface area contributed by atoms with E-state index >= 15 is 0 Å². The van der Waals surface area contributed by atoms with E-state index in [1.807, 2.05) is 19.9 Å². The smallest absolute Gasteiger partial charge is 0.322 e. The molecule has 2 N–H and O–H groups in total. The van der Waals surface area contributed by atoms with Crippen molar-refractivity contribution in [1.29, 1.82) is 0 Å². The van der Waals surface area contributed by atoms with Crippen LogP contribution in [0.3, 0.4) is 0 Å². The minimum atomic E-state index is -0.305. The number of piperidine rings is 1. The number of morpholine rings is 1. The van der Waals surface area contributed by atoms with Crippen molar-refractivity contribution in [3.05, 3.63) is 23.8 Å². The Kier molecular flexibility index (Phi) is 6.04. The summed E-state index contributed by atoms with van der Waals surface area (Å²) in [4.78, 5) is 16.9. The third-order valence-corrected chi connectivity index (χ3v) is 5.56. The van der Waals surface area contributed by atoms with Crippen molar-refractivity contribution in [2.75, 3.05) is 36.5 Å². The van der Waals surface area contributed by atoms with Crippen LogP contribution in [0.5, 0.6) is 0 Å². The first-order chi connectivity index (χ1) is 12.5. The van der Waals surface area contributed by atoms with Crippen LogP contribution in [0.15, 0.2) is 18.2 Å². The van der Waals surface area contributed by atoms with E-state index in [0.29, 0.717) is 19.2 Å². The average Bonchev–Trinajstić information content (AvgIpc) is 2.64. The van der Waals surface area contributed by atoms with Gasteiger partial charge in [0.2, 0.25) is 0 Å². The Bertz CT molecular complexity index is 637. The van der Waals surface area contributed by atoms with Crippen molar-refractivity contribution in [1.82, 2.24) is 4.90 Å². The molecule has 1 aromatic rings. The molecule has 2 aliphatic rings. The molecule has 2 amide bonds. The molecule has 0 aliphatic carbocycles. The molecule has 3 atom stereocenters. The molecular weight excluding hydrogens is 330 g/mol. The number of benzene rings is 1. The van der Waals surface area contributed by atoms with Crippen LogP contribution in [-0.2, 0) is 4.74 Å². The van der Waals surface area contributed by atoms with E-state index in [2.05, 4.69) is 29.3 Å². The molecule has 2 heterocycles. The summed E-state index contributed by atoms with van der Waals surface area (Å²) < 4.78 is 5.51. The number of rotatable bonds is 3. The summed E-state index contributed by atoms with van der Waals surface area (Å²) in [6, 6.07) is 6.68. The Balaban J connectivity index is 1.68. The summed E-state index contributed by atoms with van der Waals surface area (Å²) in [7, 11) is 0. The van der Waals surface area contributed by atoms with Gasteiger partial charge in [-0.1, -0.05) is 0 Å². The predicted octanol–water partition coefficient (Wildman–Crippen LogP) is 2.99. The van der Waals surface area contributed by atoms with E-state index in [0.717, 1.165) is 17.8 Å². The van der Waals surface area contributed by atoms with Crippen LogP contribution in [0.4, 0.5) is 16.2 Å². The van der Waals surface area contributed by atoms with Crippen molar-refractivity contribution in [2.45, 2.75) is 58.2 Å². The maximum absolute atomic E-state index is 12.7. The van der Waals surface area contributed by atoms with Gasteiger partial charge in [-0.05, 0) is 63.8 Å². The highest BCUT2D eigenvalue weighted by Crippen LogP contribution is 2.28. The average molecular weight is 361 g/mol. The van der Waals surface area contributed by atoms with E-state index in [1.54, 1.807) is 4.90 Å². The van der Waals surface area contributed by atoms with Crippen LogP contribution < -0.4 is 10.2 Å². The Morgan fingerprint density at radius 2 is 2.12 bits per heavy atom. The molecule has 0 radical (unpaired) electrons. The second-order valence-electron chi connectivity index (χ2n) is 7.61. The number of amides is 2. The second-order valence-corrected chi connectivity index (χ2v) is 7.61. The van der Waals surface area contributed by atoms with Crippen molar-refractivity contribution >= 4 is 17.4 Å². The number of ether oxygens (including phenoxy) is 1. The fraction of sp³-hybridized carbons (Fsp3) is 0.650. The first-order valence-corrected chi connectivity index (χ1v) is 9.67. The first-order valence-electron chi connectivity index (χ1n) is 9.67. The topological polar surface area (TPSA) is 65.0 Å². The molecule has 0 saturated carbocycles. The molecule has 26 heavy (non-hydrogen) atoms. The van der Waals surface area contributed by atoms with Crippen LogP contribution in [0.1, 0.15) is 38.7 Å². The molecule has 0 spiro atoms. The Morgan fingerprint density at radius 1 is 1.31 bits per heavy atom. The van der Waals surface area contributed by atoms with Gasteiger partial charge in [-0.3, -0.25) is 0 Å². The van der Waals surface area contributed by atoms with Crippen LogP contribution in [-0.4, -0.2) is 60.5 Å². The van der Waals surface area contributed by atoms with Crippen molar-refractivity contribution < 1.29 is 14.6 Å². The van der Waals surface area contributed by atoms with Gasteiger partial charge in [0.15, 0.2) is 0 Å². The lowest BCUT2D eigenvalue weighted by atomic mass is 10.0. The third kappa shape index (κ3) is 4.13. The monoisotopic (exact) mass is 361 g/mol. The maximum Gasteiger partial charge on any atom is 0.322 e. The van der Waals surface area contributed by atoms with Crippen molar-refractivity contribution in [3.8, 4) is 0 Å². The quantitative estimate of drug-likeness (QED) is 0.869. The molecule has 144 valence electrons. The number of aliphatic hydroxyl groups excluding tert-OH is 1. The lowest BCUT2D eigenvalue weighted by Gasteiger charge is -2.37. The Labute approximate surface area is 156 Å². The number of nitrogens with zero attached hydrogens (tertiary/aromatic N) is 2. The lowest BCUT2D eigenvalue weighted by Crippen LogP contribution is -2.53. The third-order valence-electron chi connectivity index (χ3n) is 5.56. The highest BCUT2D eigenvalue weighted by molar-refractivity contribution is 5.90. The number of hydrogen-bond acceptors (Lipinski definition) is 4. The minimum Gasteiger partial charge on any atom is -0.394 e. The SMILES string of the molecule is Cc1cc(N2CCCC[C@@H]2C)ccc1NC(=O)N1C[C@H](CO)OC[C@@H]1C. The molecule has 3 rings (SSSR count). The van der Waals surface area contributed by atoms with E-state index < -0.39 is 0 Å². The molecule has 2 fully saturated rings. The molecule has 0 bridgehead atoms. The number of carbonyl (C=O) groups excluding carboxylic acids is 1. The maximum atomic E-state index is 12.7. The van der Waals surface area contributed by atoms with Gasteiger partial charge in [0.1, 0.15) is 0 Å². The van der Waals surface area contributed by atoms with Crippen LogP contribution in [0.2, 0.25) is 0 Å². The largest absolute Gasteiger partial charge is 0.394 e. The predicted molar refractivity (Wildman–Crippen MR) is 104 cm³/mol. The standard InChI is InChI=1S/C20H31N3O3/c1-14-10-17(22-9-5-4-6-15(22)2)7-8-19(14)21-20(25)23-11-18(12-24)26-13-16(23)3/h7-8,10,15-16,18,24H,4-6,9,11-13H2,1-3H3,(H,21,25)/t15-,16-,18+/m0/s1. The number of hydrogen-bond donors (Lipinski definition) is 2. The fourth-order valence-corrected chi connectivity index (χ4v) is 3.85. The molecule has 2 aliphatic heterocycles. The van der Waals surface area contributed by atoms with Crippen molar-refractivity contribution in [3.63, 3.8) is 0 Å². The number of anilines is 2. The molecule has 1 aromatic carbocycles. The van der Waals surface area contributed by atoms with E-state index in [4.69, 9.17) is 4.74 Å².